The molecule has 2 heterocycles. The Bertz CT molecular complexity index is 1180. The van der Waals surface area contributed by atoms with E-state index in [1.165, 1.54) is 18.4 Å². The van der Waals surface area contributed by atoms with Gasteiger partial charge in [0.1, 0.15) is 0 Å². The number of rotatable bonds is 7. The molecule has 2 aliphatic carbocycles. The average Bonchev–Trinajstić information content (AvgIpc) is 3.57. The molecule has 1 aromatic carbocycles. The number of nitrogens with two attached hydrogens (primary N) is 1. The molecule has 5 rings (SSSR count). The minimum atomic E-state index is -0.0679. The molecule has 2 aromatic heterocycles. The number of carbonyl (C=O) groups is 1. The Morgan fingerprint density at radius 2 is 1.97 bits per heavy atom. The van der Waals surface area contributed by atoms with Gasteiger partial charge >= 0.3 is 0 Å². The van der Waals surface area contributed by atoms with E-state index in [2.05, 4.69) is 41.0 Å². The maximum absolute atomic E-state index is 13.8. The van der Waals surface area contributed by atoms with E-state index in [9.17, 15) is 4.79 Å². The van der Waals surface area contributed by atoms with Crippen LogP contribution in [0.25, 0.3) is 11.0 Å². The predicted molar refractivity (Wildman–Crippen MR) is 136 cm³/mol. The molecule has 3 aromatic rings. The van der Waals surface area contributed by atoms with Crippen molar-refractivity contribution in [2.24, 2.45) is 11.7 Å². The van der Waals surface area contributed by atoms with Gasteiger partial charge in [0.05, 0.1) is 11.8 Å². The number of carbonyl (C=O) groups excluding carboxylic acids is 1. The van der Waals surface area contributed by atoms with Gasteiger partial charge in [0.2, 0.25) is 0 Å². The van der Waals surface area contributed by atoms with E-state index in [0.29, 0.717) is 18.0 Å². The number of benzene rings is 1. The molecule has 2 aliphatic rings. The fourth-order valence-electron chi connectivity index (χ4n) is 5.47. The summed E-state index contributed by atoms with van der Waals surface area (Å²) in [4.78, 5) is 20.5. The highest BCUT2D eigenvalue weighted by molar-refractivity contribution is 6.30. The second kappa shape index (κ2) is 9.31. The van der Waals surface area contributed by atoms with Crippen LogP contribution < -0.4 is 5.73 Å². The lowest BCUT2D eigenvalue weighted by Crippen LogP contribution is -2.48. The summed E-state index contributed by atoms with van der Waals surface area (Å²) in [5, 5.41) is 6.12. The maximum Gasteiger partial charge on any atom is 0.255 e. The minimum absolute atomic E-state index is 0.0679. The summed E-state index contributed by atoms with van der Waals surface area (Å²) in [5.41, 5.74) is 8.95. The largest absolute Gasteiger partial charge is 0.335 e. The smallest absolute Gasteiger partial charge is 0.255 e. The summed E-state index contributed by atoms with van der Waals surface area (Å²) in [6.45, 7) is 5.59. The summed E-state index contributed by atoms with van der Waals surface area (Å²) in [6, 6.07) is 10.5. The van der Waals surface area contributed by atoms with Gasteiger partial charge in [0.25, 0.3) is 5.91 Å². The zero-order valence-corrected chi connectivity index (χ0v) is 20.8. The second-order valence-electron chi connectivity index (χ2n) is 10.4. The highest BCUT2D eigenvalue weighted by Gasteiger charge is 2.40. The van der Waals surface area contributed by atoms with Gasteiger partial charge in [0, 0.05) is 47.2 Å². The molecule has 0 radical (unpaired) electrons. The van der Waals surface area contributed by atoms with Gasteiger partial charge in [0.15, 0.2) is 5.65 Å². The third-order valence-electron chi connectivity index (χ3n) is 7.76. The van der Waals surface area contributed by atoms with Crippen LogP contribution >= 0.6 is 11.6 Å². The van der Waals surface area contributed by atoms with E-state index in [1.807, 2.05) is 29.1 Å². The van der Waals surface area contributed by atoms with E-state index >= 15 is 0 Å². The maximum atomic E-state index is 13.8. The molecule has 7 heteroatoms. The van der Waals surface area contributed by atoms with Crippen LogP contribution in [-0.4, -0.2) is 44.7 Å². The lowest BCUT2D eigenvalue weighted by atomic mass is 9.68. The molecule has 2 N–H and O–H groups in total. The fourth-order valence-corrected chi connectivity index (χ4v) is 5.66. The van der Waals surface area contributed by atoms with Gasteiger partial charge < -0.3 is 10.6 Å². The number of nitrogens with zero attached hydrogens (tertiary/aromatic N) is 4. The first kappa shape index (κ1) is 23.3. The molecule has 0 unspecified atom stereocenters. The molecule has 180 valence electrons. The van der Waals surface area contributed by atoms with Crippen molar-refractivity contribution in [3.8, 4) is 0 Å². The van der Waals surface area contributed by atoms with E-state index in [4.69, 9.17) is 17.3 Å². The molecule has 6 nitrogen and oxygen atoms in total. The summed E-state index contributed by atoms with van der Waals surface area (Å²) >= 11 is 6.29. The van der Waals surface area contributed by atoms with Crippen LogP contribution in [0.15, 0.2) is 42.7 Å². The fraction of sp³-hybridized carbons (Fsp3) is 0.519. The Labute approximate surface area is 206 Å². The molecule has 34 heavy (non-hydrogen) atoms. The molecule has 0 aliphatic heterocycles. The van der Waals surface area contributed by atoms with Crippen molar-refractivity contribution in [1.29, 1.82) is 0 Å². The van der Waals surface area contributed by atoms with Crippen molar-refractivity contribution < 1.29 is 4.79 Å². The van der Waals surface area contributed by atoms with Gasteiger partial charge in [-0.2, -0.15) is 5.10 Å². The van der Waals surface area contributed by atoms with Gasteiger partial charge in [-0.25, -0.2) is 9.67 Å². The molecule has 0 saturated heterocycles. The lowest BCUT2D eigenvalue weighted by Gasteiger charge is -2.43. The number of aromatic nitrogens is 3. The van der Waals surface area contributed by atoms with Crippen LogP contribution in [0.4, 0.5) is 0 Å². The highest BCUT2D eigenvalue weighted by atomic mass is 35.5. The molecule has 1 amide bonds. The summed E-state index contributed by atoms with van der Waals surface area (Å²) in [7, 11) is 0. The first-order chi connectivity index (χ1) is 16.4. The van der Waals surface area contributed by atoms with Crippen LogP contribution in [0.2, 0.25) is 5.02 Å². The summed E-state index contributed by atoms with van der Waals surface area (Å²) < 4.78 is 1.90. The van der Waals surface area contributed by atoms with Crippen molar-refractivity contribution in [3.05, 3.63) is 58.9 Å². The zero-order valence-electron chi connectivity index (χ0n) is 20.1. The molecular formula is C27H34ClN5O. The topological polar surface area (TPSA) is 77.0 Å². The Hall–Kier alpha value is -2.44. The van der Waals surface area contributed by atoms with Gasteiger partial charge in [-0.05, 0) is 82.1 Å². The molecular weight excluding hydrogens is 446 g/mol. The number of pyridine rings is 1. The first-order valence-corrected chi connectivity index (χ1v) is 12.9. The molecule has 0 atom stereocenters. The number of hydrogen-bond acceptors (Lipinski definition) is 4. The number of hydrogen-bond donors (Lipinski definition) is 1. The van der Waals surface area contributed by atoms with Crippen LogP contribution in [-0.2, 0) is 5.41 Å². The average molecular weight is 480 g/mol. The molecule has 0 bridgehead atoms. The molecule has 2 saturated carbocycles. The van der Waals surface area contributed by atoms with Crippen molar-refractivity contribution >= 4 is 28.5 Å². The van der Waals surface area contributed by atoms with Crippen molar-refractivity contribution in [2.45, 2.75) is 69.9 Å². The quantitative estimate of drug-likeness (QED) is 0.495. The Morgan fingerprint density at radius 3 is 2.62 bits per heavy atom. The van der Waals surface area contributed by atoms with Gasteiger partial charge in [-0.1, -0.05) is 23.7 Å². The van der Waals surface area contributed by atoms with E-state index in [-0.39, 0.29) is 23.4 Å². The number of fused-ring (bicyclic) bond motifs is 1. The SMILES string of the molecule is CC(C)n1ncc2cc(C(=O)N(CC3CC3)C3CCC(CN)(c4cccc(Cl)c4)CC3)cnc21. The van der Waals surface area contributed by atoms with E-state index in [1.54, 1.807) is 6.20 Å². The third kappa shape index (κ3) is 4.46. The van der Waals surface area contributed by atoms with Gasteiger partial charge in [-0.3, -0.25) is 4.79 Å². The summed E-state index contributed by atoms with van der Waals surface area (Å²) in [5.74, 6) is 0.713. The zero-order chi connectivity index (χ0) is 23.9. The van der Waals surface area contributed by atoms with Crippen LogP contribution in [0.3, 0.4) is 0 Å². The Balaban J connectivity index is 1.37. The van der Waals surface area contributed by atoms with Crippen LogP contribution in [0.5, 0.6) is 0 Å². The van der Waals surface area contributed by atoms with E-state index < -0.39 is 0 Å². The normalized spacial score (nSPS) is 22.9. The minimum Gasteiger partial charge on any atom is -0.335 e. The second-order valence-corrected chi connectivity index (χ2v) is 10.9. The number of halogens is 1. The Morgan fingerprint density at radius 1 is 1.21 bits per heavy atom. The predicted octanol–water partition coefficient (Wildman–Crippen LogP) is 5.36. The van der Waals surface area contributed by atoms with Crippen LogP contribution in [0, 0.1) is 5.92 Å². The van der Waals surface area contributed by atoms with Crippen molar-refractivity contribution in [1.82, 2.24) is 19.7 Å². The van der Waals surface area contributed by atoms with Gasteiger partial charge in [-0.15, -0.1) is 0 Å². The highest BCUT2D eigenvalue weighted by Crippen LogP contribution is 2.42. The molecule has 2 fully saturated rings. The molecule has 0 spiro atoms. The summed E-state index contributed by atoms with van der Waals surface area (Å²) in [6.07, 6.45) is 9.78. The van der Waals surface area contributed by atoms with E-state index in [0.717, 1.165) is 48.3 Å². The number of amides is 1. The van der Waals surface area contributed by atoms with Crippen molar-refractivity contribution in [2.75, 3.05) is 13.1 Å². The van der Waals surface area contributed by atoms with Crippen LogP contribution in [0.1, 0.15) is 74.3 Å². The van der Waals surface area contributed by atoms with Crippen molar-refractivity contribution in [3.63, 3.8) is 0 Å². The first-order valence-electron chi connectivity index (χ1n) is 12.5. The lowest BCUT2D eigenvalue weighted by molar-refractivity contribution is 0.0581. The standard InChI is InChI=1S/C27H34ClN5O/c1-18(2)33-25-20(15-31-33)12-21(14-30-25)26(34)32(16-19-6-7-19)24-8-10-27(17-29,11-9-24)22-4-3-5-23(28)13-22/h3-5,12-15,18-19,24H,6-11,16-17,29H2,1-2H3. The third-order valence-corrected chi connectivity index (χ3v) is 8.00. The monoisotopic (exact) mass is 479 g/mol. The Kier molecular flexibility index (Phi) is 6.38.